The average molecular weight is 448 g/mol. The number of hydrogen-bond acceptors (Lipinski definition) is 4. The Hall–Kier alpha value is -3.68. The summed E-state index contributed by atoms with van der Waals surface area (Å²) < 4.78 is 0. The molecule has 0 bridgehead atoms. The molecule has 1 aliphatic rings. The van der Waals surface area contributed by atoms with Gasteiger partial charge in [0.1, 0.15) is 0 Å². The van der Waals surface area contributed by atoms with Crippen LogP contribution in [-0.2, 0) is 6.42 Å². The smallest absolute Gasteiger partial charge is 0.407 e. The summed E-state index contributed by atoms with van der Waals surface area (Å²) in [5.41, 5.74) is 4.32. The predicted octanol–water partition coefficient (Wildman–Crippen LogP) is 4.49. The van der Waals surface area contributed by atoms with Gasteiger partial charge in [-0.15, -0.1) is 5.10 Å². The van der Waals surface area contributed by atoms with Gasteiger partial charge >= 0.3 is 6.09 Å². The van der Waals surface area contributed by atoms with Crippen molar-refractivity contribution in [2.75, 3.05) is 18.4 Å². The fourth-order valence-electron chi connectivity index (χ4n) is 4.28. The number of hydrogen-bond donors (Lipinski definition) is 2. The summed E-state index contributed by atoms with van der Waals surface area (Å²) in [6.07, 6.45) is -0.302. The molecule has 2 amide bonds. The van der Waals surface area contributed by atoms with Crippen molar-refractivity contribution in [1.82, 2.24) is 19.9 Å². The molecule has 2 heterocycles. The van der Waals surface area contributed by atoms with Crippen molar-refractivity contribution in [2.45, 2.75) is 40.0 Å². The lowest BCUT2D eigenvalue weighted by Crippen LogP contribution is -2.36. The molecule has 172 valence electrons. The number of rotatable bonds is 3. The SMILES string of the molecule is Cc1nn(-c2ccccc2)nc1C(=O)Nc1ccc2c(c1)CCN(C(=O)O)CC2C(C)(C)C. The minimum absolute atomic E-state index is 0.0591. The zero-order valence-corrected chi connectivity index (χ0v) is 19.4. The molecule has 3 aromatic rings. The molecule has 0 spiro atoms. The van der Waals surface area contributed by atoms with Gasteiger partial charge < -0.3 is 15.3 Å². The van der Waals surface area contributed by atoms with Crippen molar-refractivity contribution >= 4 is 17.7 Å². The van der Waals surface area contributed by atoms with Gasteiger partial charge in [0.05, 0.1) is 11.4 Å². The third-order valence-corrected chi connectivity index (χ3v) is 6.13. The lowest BCUT2D eigenvalue weighted by Gasteiger charge is -2.33. The Morgan fingerprint density at radius 1 is 1.09 bits per heavy atom. The van der Waals surface area contributed by atoms with Gasteiger partial charge in [0.2, 0.25) is 0 Å². The number of nitrogens with zero attached hydrogens (tertiary/aromatic N) is 4. The number of para-hydroxylation sites is 1. The molecule has 0 radical (unpaired) electrons. The van der Waals surface area contributed by atoms with E-state index in [0.29, 0.717) is 30.9 Å². The number of aromatic nitrogens is 3. The van der Waals surface area contributed by atoms with Gasteiger partial charge in [0.15, 0.2) is 5.69 Å². The Labute approximate surface area is 193 Å². The van der Waals surface area contributed by atoms with Crippen molar-refractivity contribution in [3.8, 4) is 5.69 Å². The first-order chi connectivity index (χ1) is 15.6. The number of aryl methyl sites for hydroxylation is 1. The Morgan fingerprint density at radius 3 is 2.48 bits per heavy atom. The maximum absolute atomic E-state index is 13.0. The molecule has 0 saturated heterocycles. The molecule has 4 rings (SSSR count). The number of fused-ring (bicyclic) bond motifs is 1. The quantitative estimate of drug-likeness (QED) is 0.616. The van der Waals surface area contributed by atoms with E-state index in [9.17, 15) is 14.7 Å². The van der Waals surface area contributed by atoms with Gasteiger partial charge in [0.25, 0.3) is 5.91 Å². The molecule has 8 nitrogen and oxygen atoms in total. The fourth-order valence-corrected chi connectivity index (χ4v) is 4.28. The van der Waals surface area contributed by atoms with Crippen molar-refractivity contribution in [2.24, 2.45) is 5.41 Å². The Morgan fingerprint density at radius 2 is 1.82 bits per heavy atom. The lowest BCUT2D eigenvalue weighted by atomic mass is 9.75. The van der Waals surface area contributed by atoms with E-state index in [1.54, 1.807) is 6.92 Å². The van der Waals surface area contributed by atoms with Crippen molar-refractivity contribution < 1.29 is 14.7 Å². The summed E-state index contributed by atoms with van der Waals surface area (Å²) in [5, 5.41) is 21.3. The second kappa shape index (κ2) is 8.69. The number of benzene rings is 2. The fraction of sp³-hybridized carbons (Fsp3) is 0.360. The van der Waals surface area contributed by atoms with E-state index in [-0.39, 0.29) is 22.9 Å². The van der Waals surface area contributed by atoms with Crippen LogP contribution in [0.15, 0.2) is 48.5 Å². The van der Waals surface area contributed by atoms with Gasteiger partial charge in [0, 0.05) is 24.7 Å². The Balaban J connectivity index is 1.59. The minimum Gasteiger partial charge on any atom is -0.465 e. The first kappa shape index (κ1) is 22.5. The van der Waals surface area contributed by atoms with Gasteiger partial charge in [-0.1, -0.05) is 45.0 Å². The van der Waals surface area contributed by atoms with Crippen LogP contribution in [-0.4, -0.2) is 50.1 Å². The molecule has 33 heavy (non-hydrogen) atoms. The highest BCUT2D eigenvalue weighted by Gasteiger charge is 2.33. The molecule has 2 N–H and O–H groups in total. The van der Waals surface area contributed by atoms with Crippen molar-refractivity contribution in [3.05, 3.63) is 71.0 Å². The third kappa shape index (κ3) is 4.74. The Bertz CT molecular complexity index is 1180. The number of anilines is 1. The van der Waals surface area contributed by atoms with E-state index in [0.717, 1.165) is 16.8 Å². The van der Waals surface area contributed by atoms with E-state index < -0.39 is 6.09 Å². The van der Waals surface area contributed by atoms with Crippen molar-refractivity contribution in [3.63, 3.8) is 0 Å². The summed E-state index contributed by atoms with van der Waals surface area (Å²) >= 11 is 0. The summed E-state index contributed by atoms with van der Waals surface area (Å²) in [4.78, 5) is 27.6. The van der Waals surface area contributed by atoms with Crippen LogP contribution in [0.25, 0.3) is 5.69 Å². The maximum Gasteiger partial charge on any atom is 0.407 e. The van der Waals surface area contributed by atoms with E-state index >= 15 is 0 Å². The van der Waals surface area contributed by atoms with Crippen LogP contribution >= 0.6 is 0 Å². The van der Waals surface area contributed by atoms with E-state index in [4.69, 9.17) is 0 Å². The van der Waals surface area contributed by atoms with Gasteiger partial charge in [-0.2, -0.15) is 9.90 Å². The van der Waals surface area contributed by atoms with Crippen LogP contribution in [0.5, 0.6) is 0 Å². The molecule has 0 saturated carbocycles. The number of carbonyl (C=O) groups is 2. The summed E-state index contributed by atoms with van der Waals surface area (Å²) in [5.74, 6) is -0.272. The molecule has 1 unspecified atom stereocenters. The van der Waals surface area contributed by atoms with Gasteiger partial charge in [-0.3, -0.25) is 4.79 Å². The van der Waals surface area contributed by atoms with Crippen LogP contribution in [0, 0.1) is 12.3 Å². The highest BCUT2D eigenvalue weighted by Crippen LogP contribution is 2.40. The molecule has 2 aromatic carbocycles. The summed E-state index contributed by atoms with van der Waals surface area (Å²) in [6, 6.07) is 15.3. The van der Waals surface area contributed by atoms with Crippen LogP contribution in [0.2, 0.25) is 0 Å². The average Bonchev–Trinajstić information content (AvgIpc) is 3.04. The monoisotopic (exact) mass is 447 g/mol. The van der Waals surface area contributed by atoms with Crippen LogP contribution < -0.4 is 5.32 Å². The largest absolute Gasteiger partial charge is 0.465 e. The van der Waals surface area contributed by atoms with Crippen LogP contribution in [0.3, 0.4) is 0 Å². The third-order valence-electron chi connectivity index (χ3n) is 6.13. The number of amides is 2. The summed E-state index contributed by atoms with van der Waals surface area (Å²) in [7, 11) is 0. The normalized spacial score (nSPS) is 16.1. The number of carbonyl (C=O) groups excluding carboxylic acids is 1. The van der Waals surface area contributed by atoms with E-state index in [2.05, 4.69) is 36.3 Å². The number of nitrogens with one attached hydrogen (secondary N) is 1. The molecule has 8 heteroatoms. The molecule has 1 aromatic heterocycles. The molecular formula is C25H29N5O3. The van der Waals surface area contributed by atoms with Crippen molar-refractivity contribution in [1.29, 1.82) is 0 Å². The zero-order chi connectivity index (χ0) is 23.8. The van der Waals surface area contributed by atoms with Crippen LogP contribution in [0.4, 0.5) is 10.5 Å². The molecule has 0 aliphatic carbocycles. The first-order valence-electron chi connectivity index (χ1n) is 11.0. The summed E-state index contributed by atoms with van der Waals surface area (Å²) in [6.45, 7) is 9.02. The molecule has 1 aliphatic heterocycles. The highest BCUT2D eigenvalue weighted by molar-refractivity contribution is 6.03. The molecular weight excluding hydrogens is 418 g/mol. The lowest BCUT2D eigenvalue weighted by molar-refractivity contribution is 0.102. The standard InChI is InChI=1S/C25H29N5O3/c1-16-22(28-30(27-16)19-8-6-5-7-9-19)23(31)26-18-10-11-20-17(14-18)12-13-29(24(32)33)15-21(20)25(2,3)4/h5-11,14,21H,12-13,15H2,1-4H3,(H,26,31)(H,32,33). The topological polar surface area (TPSA) is 100 Å². The minimum atomic E-state index is -0.900. The van der Waals surface area contributed by atoms with Gasteiger partial charge in [-0.05, 0) is 54.2 Å². The second-order valence-electron chi connectivity index (χ2n) is 9.52. The van der Waals surface area contributed by atoms with E-state index in [1.807, 2.05) is 48.5 Å². The molecule has 0 fully saturated rings. The van der Waals surface area contributed by atoms with Gasteiger partial charge in [-0.25, -0.2) is 4.79 Å². The Kier molecular flexibility index (Phi) is 5.93. The predicted molar refractivity (Wildman–Crippen MR) is 126 cm³/mol. The maximum atomic E-state index is 13.0. The van der Waals surface area contributed by atoms with Crippen LogP contribution in [0.1, 0.15) is 54.0 Å². The first-order valence-corrected chi connectivity index (χ1v) is 11.0. The number of carboxylic acid groups (broad SMARTS) is 1. The zero-order valence-electron chi connectivity index (χ0n) is 19.4. The van der Waals surface area contributed by atoms with E-state index in [1.165, 1.54) is 9.70 Å². The molecule has 1 atom stereocenters. The highest BCUT2D eigenvalue weighted by atomic mass is 16.4. The second-order valence-corrected chi connectivity index (χ2v) is 9.52.